The summed E-state index contributed by atoms with van der Waals surface area (Å²) in [6.07, 6.45) is 2.44. The van der Waals surface area contributed by atoms with Crippen LogP contribution in [-0.2, 0) is 6.54 Å². The van der Waals surface area contributed by atoms with Gasteiger partial charge in [-0.3, -0.25) is 4.90 Å². The first-order valence-electron chi connectivity index (χ1n) is 7.59. The van der Waals surface area contributed by atoms with E-state index >= 15 is 0 Å². The number of rotatable bonds is 9. The van der Waals surface area contributed by atoms with Crippen molar-refractivity contribution < 1.29 is 0 Å². The van der Waals surface area contributed by atoms with Crippen LogP contribution in [0.5, 0.6) is 0 Å². The number of nitrogens with one attached hydrogen (secondary N) is 1. The van der Waals surface area contributed by atoms with E-state index in [-0.39, 0.29) is 0 Å². The van der Waals surface area contributed by atoms with Gasteiger partial charge in [0.1, 0.15) is 0 Å². The fourth-order valence-electron chi connectivity index (χ4n) is 2.46. The van der Waals surface area contributed by atoms with E-state index < -0.39 is 0 Å². The van der Waals surface area contributed by atoms with Crippen molar-refractivity contribution in [1.29, 1.82) is 0 Å². The van der Waals surface area contributed by atoms with Gasteiger partial charge in [-0.2, -0.15) is 0 Å². The smallest absolute Gasteiger partial charge is 0.0333 e. The van der Waals surface area contributed by atoms with Crippen LogP contribution in [0.4, 0.5) is 0 Å². The van der Waals surface area contributed by atoms with Gasteiger partial charge in [-0.1, -0.05) is 19.9 Å². The molecule has 0 aliphatic heterocycles. The van der Waals surface area contributed by atoms with E-state index in [9.17, 15) is 0 Å². The average Bonchev–Trinajstić information content (AvgIpc) is 2.89. The Morgan fingerprint density at radius 1 is 1.21 bits per heavy atom. The van der Waals surface area contributed by atoms with Gasteiger partial charge in [0.25, 0.3) is 0 Å². The zero-order valence-corrected chi connectivity index (χ0v) is 14.0. The van der Waals surface area contributed by atoms with Gasteiger partial charge < -0.3 is 5.32 Å². The molecule has 3 heteroatoms. The van der Waals surface area contributed by atoms with Crippen LogP contribution in [0.1, 0.15) is 52.3 Å². The van der Waals surface area contributed by atoms with Crippen molar-refractivity contribution in [3.05, 3.63) is 22.4 Å². The van der Waals surface area contributed by atoms with E-state index in [4.69, 9.17) is 0 Å². The summed E-state index contributed by atoms with van der Waals surface area (Å²) in [6.45, 7) is 13.6. The van der Waals surface area contributed by atoms with Gasteiger partial charge in [0.15, 0.2) is 0 Å². The Morgan fingerprint density at radius 3 is 2.37 bits per heavy atom. The van der Waals surface area contributed by atoms with Crippen molar-refractivity contribution in [2.75, 3.05) is 6.54 Å². The highest BCUT2D eigenvalue weighted by molar-refractivity contribution is 7.09. The van der Waals surface area contributed by atoms with Crippen LogP contribution in [0.15, 0.2) is 17.5 Å². The fourth-order valence-corrected chi connectivity index (χ4v) is 3.17. The SMILES string of the molecule is CCC(CC)NCC(C)N(Cc1cccs1)C(C)C. The summed E-state index contributed by atoms with van der Waals surface area (Å²) in [5.41, 5.74) is 0. The highest BCUT2D eigenvalue weighted by Crippen LogP contribution is 2.16. The Kier molecular flexibility index (Phi) is 7.66. The minimum absolute atomic E-state index is 0.572. The predicted molar refractivity (Wildman–Crippen MR) is 86.8 cm³/mol. The lowest BCUT2D eigenvalue weighted by atomic mass is 10.1. The van der Waals surface area contributed by atoms with Crippen LogP contribution in [0.3, 0.4) is 0 Å². The van der Waals surface area contributed by atoms with Gasteiger partial charge in [0.05, 0.1) is 0 Å². The van der Waals surface area contributed by atoms with E-state index in [1.807, 2.05) is 11.3 Å². The van der Waals surface area contributed by atoms with Crippen LogP contribution in [0.25, 0.3) is 0 Å². The summed E-state index contributed by atoms with van der Waals surface area (Å²) in [6, 6.07) is 6.20. The molecule has 1 heterocycles. The molecule has 2 nitrogen and oxygen atoms in total. The average molecular weight is 282 g/mol. The zero-order valence-electron chi connectivity index (χ0n) is 13.1. The van der Waals surface area contributed by atoms with E-state index in [1.165, 1.54) is 17.7 Å². The topological polar surface area (TPSA) is 15.3 Å². The van der Waals surface area contributed by atoms with Crippen LogP contribution >= 0.6 is 11.3 Å². The van der Waals surface area contributed by atoms with Gasteiger partial charge in [-0.25, -0.2) is 0 Å². The van der Waals surface area contributed by atoms with Crippen molar-refractivity contribution in [2.45, 2.75) is 72.1 Å². The monoisotopic (exact) mass is 282 g/mol. The molecule has 1 unspecified atom stereocenters. The molecule has 0 aliphatic carbocycles. The normalized spacial score (nSPS) is 13.7. The maximum Gasteiger partial charge on any atom is 0.0333 e. The Balaban J connectivity index is 2.50. The van der Waals surface area contributed by atoms with Crippen molar-refractivity contribution in [1.82, 2.24) is 10.2 Å². The highest BCUT2D eigenvalue weighted by atomic mass is 32.1. The summed E-state index contributed by atoms with van der Waals surface area (Å²) in [7, 11) is 0. The Bertz CT molecular complexity index is 317. The van der Waals surface area contributed by atoms with Gasteiger partial charge in [-0.15, -0.1) is 11.3 Å². The minimum atomic E-state index is 0.572. The van der Waals surface area contributed by atoms with Crippen LogP contribution in [0, 0.1) is 0 Å². The number of hydrogen-bond donors (Lipinski definition) is 1. The fraction of sp³-hybridized carbons (Fsp3) is 0.750. The molecule has 19 heavy (non-hydrogen) atoms. The molecule has 1 aromatic rings. The van der Waals surface area contributed by atoms with E-state index in [0.29, 0.717) is 18.1 Å². The van der Waals surface area contributed by atoms with Crippen LogP contribution in [0.2, 0.25) is 0 Å². The Morgan fingerprint density at radius 2 is 1.89 bits per heavy atom. The molecule has 0 saturated heterocycles. The third kappa shape index (κ3) is 5.64. The van der Waals surface area contributed by atoms with Crippen molar-refractivity contribution in [3.8, 4) is 0 Å². The summed E-state index contributed by atoms with van der Waals surface area (Å²) in [5.74, 6) is 0. The second-order valence-electron chi connectivity index (χ2n) is 5.62. The lowest BCUT2D eigenvalue weighted by Crippen LogP contribution is -2.45. The van der Waals surface area contributed by atoms with E-state index in [2.05, 4.69) is 62.3 Å². The van der Waals surface area contributed by atoms with Gasteiger partial charge >= 0.3 is 0 Å². The molecule has 0 saturated carbocycles. The van der Waals surface area contributed by atoms with Gasteiger partial charge in [0.2, 0.25) is 0 Å². The molecule has 1 N–H and O–H groups in total. The first-order valence-corrected chi connectivity index (χ1v) is 8.47. The Hall–Kier alpha value is -0.380. The number of nitrogens with zero attached hydrogens (tertiary/aromatic N) is 1. The zero-order chi connectivity index (χ0) is 14.3. The first-order chi connectivity index (χ1) is 9.08. The van der Waals surface area contributed by atoms with Crippen LogP contribution < -0.4 is 5.32 Å². The number of hydrogen-bond acceptors (Lipinski definition) is 3. The molecule has 110 valence electrons. The van der Waals surface area contributed by atoms with Gasteiger partial charge in [0, 0.05) is 36.1 Å². The minimum Gasteiger partial charge on any atom is -0.312 e. The quantitative estimate of drug-likeness (QED) is 0.733. The number of thiophene rings is 1. The Labute approximate surface area is 123 Å². The summed E-state index contributed by atoms with van der Waals surface area (Å²) >= 11 is 1.86. The molecule has 1 rings (SSSR count). The molecule has 0 aromatic carbocycles. The molecule has 1 atom stereocenters. The third-order valence-electron chi connectivity index (χ3n) is 3.84. The largest absolute Gasteiger partial charge is 0.312 e. The summed E-state index contributed by atoms with van der Waals surface area (Å²) in [4.78, 5) is 4.05. The van der Waals surface area contributed by atoms with Crippen molar-refractivity contribution >= 4 is 11.3 Å². The molecular formula is C16H30N2S. The maximum absolute atomic E-state index is 3.70. The van der Waals surface area contributed by atoms with Crippen molar-refractivity contribution in [3.63, 3.8) is 0 Å². The molecule has 0 fully saturated rings. The van der Waals surface area contributed by atoms with Crippen molar-refractivity contribution in [2.24, 2.45) is 0 Å². The van der Waals surface area contributed by atoms with E-state index in [1.54, 1.807) is 0 Å². The summed E-state index contributed by atoms with van der Waals surface area (Å²) in [5, 5.41) is 5.86. The lowest BCUT2D eigenvalue weighted by Gasteiger charge is -2.33. The maximum atomic E-state index is 3.70. The molecule has 0 spiro atoms. The second kappa shape index (κ2) is 8.72. The molecule has 1 aromatic heterocycles. The van der Waals surface area contributed by atoms with E-state index in [0.717, 1.165) is 13.1 Å². The molecule has 0 amide bonds. The predicted octanol–water partition coefficient (Wildman–Crippen LogP) is 4.13. The molecular weight excluding hydrogens is 252 g/mol. The lowest BCUT2D eigenvalue weighted by molar-refractivity contribution is 0.150. The van der Waals surface area contributed by atoms with Crippen LogP contribution in [-0.4, -0.2) is 29.6 Å². The first kappa shape index (κ1) is 16.7. The van der Waals surface area contributed by atoms with Gasteiger partial charge in [-0.05, 0) is 45.1 Å². The standard InChI is InChI=1S/C16H30N2S/c1-6-15(7-2)17-11-14(5)18(13(3)4)12-16-9-8-10-19-16/h8-10,13-15,17H,6-7,11-12H2,1-5H3. The molecule has 0 radical (unpaired) electrons. The highest BCUT2D eigenvalue weighted by Gasteiger charge is 2.18. The second-order valence-corrected chi connectivity index (χ2v) is 6.65. The third-order valence-corrected chi connectivity index (χ3v) is 4.70. The summed E-state index contributed by atoms with van der Waals surface area (Å²) < 4.78 is 0. The molecule has 0 aliphatic rings. The molecule has 0 bridgehead atoms.